The fraction of sp³-hybridized carbons (Fsp3) is 0.200. The third-order valence-corrected chi connectivity index (χ3v) is 3.82. The molecule has 0 aliphatic rings. The quantitative estimate of drug-likeness (QED) is 0.642. The van der Waals surface area contributed by atoms with Crippen LogP contribution in [0.5, 0.6) is 0 Å². The minimum atomic E-state index is -0.120. The summed E-state index contributed by atoms with van der Waals surface area (Å²) in [5.74, 6) is 0.604. The highest BCUT2D eigenvalue weighted by molar-refractivity contribution is 5.93. The Morgan fingerprint density at radius 1 is 1.04 bits per heavy atom. The molecule has 2 aromatic heterocycles. The average Bonchev–Trinajstić information content (AvgIpc) is 2.69. The standard InChI is InChI=1S/C20H21N5O/c1-15-4-2-5-17(10-15)19-24-12-16(13-25-19)11-22-8-9-23-20(26)18-6-3-7-21-14-18/h2-7,10,12-14,22H,8-9,11H2,1H3,(H,23,26). The molecule has 6 heteroatoms. The number of nitrogens with zero attached hydrogens (tertiary/aromatic N) is 3. The second-order valence-electron chi connectivity index (χ2n) is 5.96. The van der Waals surface area contributed by atoms with Crippen LogP contribution >= 0.6 is 0 Å². The molecule has 0 spiro atoms. The summed E-state index contributed by atoms with van der Waals surface area (Å²) in [7, 11) is 0. The highest BCUT2D eigenvalue weighted by Crippen LogP contribution is 2.15. The molecule has 0 fully saturated rings. The van der Waals surface area contributed by atoms with E-state index in [9.17, 15) is 4.79 Å². The highest BCUT2D eigenvalue weighted by Gasteiger charge is 2.04. The minimum Gasteiger partial charge on any atom is -0.351 e. The van der Waals surface area contributed by atoms with Crippen molar-refractivity contribution in [1.29, 1.82) is 0 Å². The number of pyridine rings is 1. The van der Waals surface area contributed by atoms with E-state index in [2.05, 4.69) is 44.6 Å². The van der Waals surface area contributed by atoms with Crippen LogP contribution in [-0.2, 0) is 6.54 Å². The Kier molecular flexibility index (Phi) is 6.01. The lowest BCUT2D eigenvalue weighted by Crippen LogP contribution is -2.31. The number of hydrogen-bond donors (Lipinski definition) is 2. The number of benzene rings is 1. The normalized spacial score (nSPS) is 10.5. The van der Waals surface area contributed by atoms with E-state index >= 15 is 0 Å². The lowest BCUT2D eigenvalue weighted by atomic mass is 10.1. The molecule has 1 aromatic carbocycles. The van der Waals surface area contributed by atoms with Crippen LogP contribution in [0.2, 0.25) is 0 Å². The summed E-state index contributed by atoms with van der Waals surface area (Å²) in [4.78, 5) is 24.7. The van der Waals surface area contributed by atoms with Crippen molar-refractivity contribution < 1.29 is 4.79 Å². The first kappa shape index (κ1) is 17.7. The van der Waals surface area contributed by atoms with Crippen molar-refractivity contribution in [1.82, 2.24) is 25.6 Å². The Morgan fingerprint density at radius 3 is 2.62 bits per heavy atom. The van der Waals surface area contributed by atoms with Crippen LogP contribution in [0.3, 0.4) is 0 Å². The van der Waals surface area contributed by atoms with Crippen molar-refractivity contribution in [2.75, 3.05) is 13.1 Å². The van der Waals surface area contributed by atoms with Crippen LogP contribution in [0.1, 0.15) is 21.5 Å². The monoisotopic (exact) mass is 347 g/mol. The van der Waals surface area contributed by atoms with E-state index in [1.807, 2.05) is 24.5 Å². The summed E-state index contributed by atoms with van der Waals surface area (Å²) >= 11 is 0. The molecule has 0 saturated heterocycles. The zero-order valence-corrected chi connectivity index (χ0v) is 14.6. The molecular formula is C20H21N5O. The maximum Gasteiger partial charge on any atom is 0.252 e. The van der Waals surface area contributed by atoms with Gasteiger partial charge in [-0.05, 0) is 25.1 Å². The van der Waals surface area contributed by atoms with Gasteiger partial charge in [0.05, 0.1) is 5.56 Å². The molecule has 2 N–H and O–H groups in total. The van der Waals surface area contributed by atoms with Gasteiger partial charge in [0.2, 0.25) is 0 Å². The van der Waals surface area contributed by atoms with E-state index in [1.54, 1.807) is 24.5 Å². The Morgan fingerprint density at radius 2 is 1.88 bits per heavy atom. The average molecular weight is 347 g/mol. The molecule has 0 unspecified atom stereocenters. The number of carbonyl (C=O) groups excluding carboxylic acids is 1. The molecule has 0 radical (unpaired) electrons. The Bertz CT molecular complexity index is 850. The molecule has 132 valence electrons. The van der Waals surface area contributed by atoms with Crippen molar-refractivity contribution in [3.8, 4) is 11.4 Å². The van der Waals surface area contributed by atoms with E-state index in [0.717, 1.165) is 17.0 Å². The van der Waals surface area contributed by atoms with Gasteiger partial charge in [-0.2, -0.15) is 0 Å². The van der Waals surface area contributed by atoms with Gasteiger partial charge >= 0.3 is 0 Å². The van der Waals surface area contributed by atoms with Crippen LogP contribution in [0.15, 0.2) is 61.2 Å². The van der Waals surface area contributed by atoms with Crippen LogP contribution in [0.4, 0.5) is 0 Å². The molecule has 6 nitrogen and oxygen atoms in total. The molecule has 3 aromatic rings. The third-order valence-electron chi connectivity index (χ3n) is 3.82. The zero-order chi connectivity index (χ0) is 18.2. The smallest absolute Gasteiger partial charge is 0.252 e. The molecule has 0 aliphatic heterocycles. The summed E-state index contributed by atoms with van der Waals surface area (Å²) < 4.78 is 0. The first-order chi connectivity index (χ1) is 12.7. The Hall–Kier alpha value is -3.12. The summed E-state index contributed by atoms with van der Waals surface area (Å²) in [6, 6.07) is 11.6. The number of aromatic nitrogens is 3. The topological polar surface area (TPSA) is 79.8 Å². The summed E-state index contributed by atoms with van der Waals surface area (Å²) in [6.45, 7) is 3.90. The number of hydrogen-bond acceptors (Lipinski definition) is 5. The van der Waals surface area contributed by atoms with Gasteiger partial charge in [-0.3, -0.25) is 9.78 Å². The van der Waals surface area contributed by atoms with Crippen LogP contribution < -0.4 is 10.6 Å². The van der Waals surface area contributed by atoms with E-state index in [4.69, 9.17) is 0 Å². The number of rotatable bonds is 7. The van der Waals surface area contributed by atoms with E-state index < -0.39 is 0 Å². The van der Waals surface area contributed by atoms with Crippen molar-refractivity contribution in [2.24, 2.45) is 0 Å². The van der Waals surface area contributed by atoms with E-state index in [1.165, 1.54) is 5.56 Å². The van der Waals surface area contributed by atoms with Gasteiger partial charge < -0.3 is 10.6 Å². The molecule has 26 heavy (non-hydrogen) atoms. The number of nitrogens with one attached hydrogen (secondary N) is 2. The first-order valence-corrected chi connectivity index (χ1v) is 8.49. The van der Waals surface area contributed by atoms with Crippen molar-refractivity contribution >= 4 is 5.91 Å². The van der Waals surface area contributed by atoms with E-state index in [0.29, 0.717) is 25.2 Å². The summed E-state index contributed by atoms with van der Waals surface area (Å²) in [5, 5.41) is 6.11. The highest BCUT2D eigenvalue weighted by atomic mass is 16.1. The molecular weight excluding hydrogens is 326 g/mol. The zero-order valence-electron chi connectivity index (χ0n) is 14.6. The Labute approximate surface area is 152 Å². The van der Waals surface area contributed by atoms with Crippen LogP contribution in [-0.4, -0.2) is 33.9 Å². The number of aryl methyl sites for hydroxylation is 1. The largest absolute Gasteiger partial charge is 0.351 e. The van der Waals surface area contributed by atoms with Crippen LogP contribution in [0.25, 0.3) is 11.4 Å². The predicted molar refractivity (Wildman–Crippen MR) is 100 cm³/mol. The lowest BCUT2D eigenvalue weighted by molar-refractivity contribution is 0.0953. The first-order valence-electron chi connectivity index (χ1n) is 8.49. The molecule has 2 heterocycles. The molecule has 0 saturated carbocycles. The van der Waals surface area contributed by atoms with Gasteiger partial charge in [-0.25, -0.2) is 9.97 Å². The maximum atomic E-state index is 11.9. The van der Waals surface area contributed by atoms with Crippen molar-refractivity contribution in [2.45, 2.75) is 13.5 Å². The van der Waals surface area contributed by atoms with E-state index in [-0.39, 0.29) is 5.91 Å². The van der Waals surface area contributed by atoms with Gasteiger partial charge in [0, 0.05) is 55.5 Å². The number of amides is 1. The van der Waals surface area contributed by atoms with Crippen molar-refractivity contribution in [3.63, 3.8) is 0 Å². The molecule has 0 atom stereocenters. The maximum absolute atomic E-state index is 11.9. The summed E-state index contributed by atoms with van der Waals surface area (Å²) in [5.41, 5.74) is 3.76. The second kappa shape index (κ2) is 8.82. The van der Waals surface area contributed by atoms with Gasteiger partial charge in [-0.1, -0.05) is 23.8 Å². The molecule has 0 aliphatic carbocycles. The minimum absolute atomic E-state index is 0.120. The van der Waals surface area contributed by atoms with Crippen LogP contribution in [0, 0.1) is 6.92 Å². The molecule has 3 rings (SSSR count). The molecule has 0 bridgehead atoms. The molecule has 1 amide bonds. The number of carbonyl (C=O) groups is 1. The van der Waals surface area contributed by atoms with Gasteiger partial charge in [0.15, 0.2) is 5.82 Å². The third kappa shape index (κ3) is 4.94. The van der Waals surface area contributed by atoms with Gasteiger partial charge in [-0.15, -0.1) is 0 Å². The fourth-order valence-electron chi connectivity index (χ4n) is 2.48. The lowest BCUT2D eigenvalue weighted by Gasteiger charge is -2.07. The SMILES string of the molecule is Cc1cccc(-c2ncc(CNCCNC(=O)c3cccnc3)cn2)c1. The van der Waals surface area contributed by atoms with Gasteiger partial charge in [0.1, 0.15) is 0 Å². The fourth-order valence-corrected chi connectivity index (χ4v) is 2.48. The second-order valence-corrected chi connectivity index (χ2v) is 5.96. The van der Waals surface area contributed by atoms with Gasteiger partial charge in [0.25, 0.3) is 5.91 Å². The summed E-state index contributed by atoms with van der Waals surface area (Å²) in [6.07, 6.45) is 6.85. The predicted octanol–water partition coefficient (Wildman–Crippen LogP) is 2.37. The van der Waals surface area contributed by atoms with Crippen molar-refractivity contribution in [3.05, 3.63) is 77.9 Å². The Balaban J connectivity index is 1.42.